The van der Waals surface area contributed by atoms with Crippen molar-refractivity contribution in [1.29, 1.82) is 0 Å². The van der Waals surface area contributed by atoms with Crippen LogP contribution in [-0.4, -0.2) is 49.8 Å². The Bertz CT molecular complexity index is 445. The third-order valence-electron chi connectivity index (χ3n) is 1.91. The number of primary amides is 1. The van der Waals surface area contributed by atoms with Gasteiger partial charge in [0.15, 0.2) is 0 Å². The molecule has 0 heterocycles. The molecule has 110 valence electrons. The number of ether oxygens (including phenoxy) is 1. The molecule has 1 amide bonds. The number of amides is 1. The van der Waals surface area contributed by atoms with Crippen molar-refractivity contribution in [3.63, 3.8) is 0 Å². The summed E-state index contributed by atoms with van der Waals surface area (Å²) in [6.45, 7) is 1.68. The summed E-state index contributed by atoms with van der Waals surface area (Å²) in [6.07, 6.45) is -1.08. The SMILES string of the molecule is CCOC(=O)CCS(=O)(=O)NC(CC(N)=O)C(=O)O. The highest BCUT2D eigenvalue weighted by atomic mass is 32.2. The highest BCUT2D eigenvalue weighted by molar-refractivity contribution is 7.89. The van der Waals surface area contributed by atoms with Crippen LogP contribution in [0, 0.1) is 0 Å². The molecule has 19 heavy (non-hydrogen) atoms. The highest BCUT2D eigenvalue weighted by Crippen LogP contribution is 1.99. The molecule has 0 radical (unpaired) electrons. The van der Waals surface area contributed by atoms with E-state index in [2.05, 4.69) is 4.74 Å². The molecule has 0 aromatic heterocycles. The minimum Gasteiger partial charge on any atom is -0.480 e. The van der Waals surface area contributed by atoms with Crippen LogP contribution in [0.4, 0.5) is 0 Å². The zero-order chi connectivity index (χ0) is 15.1. The molecule has 0 spiro atoms. The maximum Gasteiger partial charge on any atom is 0.322 e. The monoisotopic (exact) mass is 296 g/mol. The van der Waals surface area contributed by atoms with Crippen molar-refractivity contribution in [3.8, 4) is 0 Å². The average Bonchev–Trinajstić information content (AvgIpc) is 2.25. The van der Waals surface area contributed by atoms with Gasteiger partial charge in [0.05, 0.1) is 25.2 Å². The van der Waals surface area contributed by atoms with E-state index in [1.165, 1.54) is 0 Å². The summed E-state index contributed by atoms with van der Waals surface area (Å²) in [7, 11) is -4.02. The van der Waals surface area contributed by atoms with Crippen LogP contribution in [0.5, 0.6) is 0 Å². The standard InChI is InChI=1S/C9H16N2O7S/c1-2-18-8(13)3-4-19(16,17)11-6(9(14)15)5-7(10)12/h6,11H,2-5H2,1H3,(H2,10,12)(H,14,15). The van der Waals surface area contributed by atoms with Crippen molar-refractivity contribution in [3.05, 3.63) is 0 Å². The van der Waals surface area contributed by atoms with Crippen LogP contribution in [0.1, 0.15) is 19.8 Å². The van der Waals surface area contributed by atoms with E-state index in [1.807, 2.05) is 0 Å². The lowest BCUT2D eigenvalue weighted by Gasteiger charge is -2.12. The second-order valence-electron chi connectivity index (χ2n) is 3.55. The Morgan fingerprint density at radius 3 is 2.37 bits per heavy atom. The predicted octanol–water partition coefficient (Wildman–Crippen LogP) is -1.81. The van der Waals surface area contributed by atoms with Crippen LogP contribution in [0.15, 0.2) is 0 Å². The van der Waals surface area contributed by atoms with Gasteiger partial charge in [0.1, 0.15) is 6.04 Å². The maximum atomic E-state index is 11.5. The minimum atomic E-state index is -4.02. The summed E-state index contributed by atoms with van der Waals surface area (Å²) in [4.78, 5) is 32.3. The third kappa shape index (κ3) is 8.11. The van der Waals surface area contributed by atoms with Crippen LogP contribution >= 0.6 is 0 Å². The van der Waals surface area contributed by atoms with Crippen molar-refractivity contribution in [2.24, 2.45) is 5.73 Å². The molecule has 10 heteroatoms. The number of carbonyl (C=O) groups excluding carboxylic acids is 2. The van der Waals surface area contributed by atoms with Gasteiger partial charge in [0.2, 0.25) is 15.9 Å². The van der Waals surface area contributed by atoms with Crippen molar-refractivity contribution in [2.75, 3.05) is 12.4 Å². The summed E-state index contributed by atoms with van der Waals surface area (Å²) in [5.74, 6) is -3.83. The van der Waals surface area contributed by atoms with Gasteiger partial charge >= 0.3 is 11.9 Å². The van der Waals surface area contributed by atoms with E-state index in [9.17, 15) is 22.8 Å². The van der Waals surface area contributed by atoms with Gasteiger partial charge in [-0.3, -0.25) is 14.4 Å². The maximum absolute atomic E-state index is 11.5. The van der Waals surface area contributed by atoms with Crippen molar-refractivity contribution in [1.82, 2.24) is 4.72 Å². The lowest BCUT2D eigenvalue weighted by Crippen LogP contribution is -2.44. The van der Waals surface area contributed by atoms with Crippen LogP contribution in [-0.2, 0) is 29.1 Å². The van der Waals surface area contributed by atoms with Crippen molar-refractivity contribution >= 4 is 27.9 Å². The molecule has 0 aromatic rings. The summed E-state index contributed by atoms with van der Waals surface area (Å²) >= 11 is 0. The molecule has 0 rings (SSSR count). The molecule has 0 fully saturated rings. The fraction of sp³-hybridized carbons (Fsp3) is 0.667. The van der Waals surface area contributed by atoms with Gasteiger partial charge in [0, 0.05) is 0 Å². The number of carboxylic acid groups (broad SMARTS) is 1. The second-order valence-corrected chi connectivity index (χ2v) is 5.43. The van der Waals surface area contributed by atoms with E-state index in [-0.39, 0.29) is 6.61 Å². The number of nitrogens with one attached hydrogen (secondary N) is 1. The molecule has 0 aromatic carbocycles. The molecule has 0 saturated heterocycles. The van der Waals surface area contributed by atoms with Crippen LogP contribution in [0.3, 0.4) is 0 Å². The molecule has 1 unspecified atom stereocenters. The molecule has 0 aliphatic heterocycles. The molecule has 9 nitrogen and oxygen atoms in total. The molecule has 0 bridgehead atoms. The van der Waals surface area contributed by atoms with Crippen LogP contribution in [0.2, 0.25) is 0 Å². The number of aliphatic carboxylic acids is 1. The van der Waals surface area contributed by atoms with E-state index in [1.54, 1.807) is 11.6 Å². The Kier molecular flexibility index (Phi) is 7.01. The lowest BCUT2D eigenvalue weighted by molar-refractivity contribution is -0.142. The zero-order valence-electron chi connectivity index (χ0n) is 10.3. The Morgan fingerprint density at radius 2 is 1.95 bits per heavy atom. The Balaban J connectivity index is 4.51. The first-order valence-electron chi connectivity index (χ1n) is 5.34. The summed E-state index contributed by atoms with van der Waals surface area (Å²) in [5.41, 5.74) is 4.80. The predicted molar refractivity (Wildman–Crippen MR) is 63.4 cm³/mol. The highest BCUT2D eigenvalue weighted by Gasteiger charge is 2.26. The Hall–Kier alpha value is -1.68. The second kappa shape index (κ2) is 7.69. The zero-order valence-corrected chi connectivity index (χ0v) is 11.1. The van der Waals surface area contributed by atoms with Crippen LogP contribution in [0.25, 0.3) is 0 Å². The number of carboxylic acids is 1. The van der Waals surface area contributed by atoms with Gasteiger partial charge in [-0.1, -0.05) is 0 Å². The van der Waals surface area contributed by atoms with E-state index < -0.39 is 52.5 Å². The number of esters is 1. The Morgan fingerprint density at radius 1 is 1.37 bits per heavy atom. The van der Waals surface area contributed by atoms with Gasteiger partial charge in [0.25, 0.3) is 0 Å². The van der Waals surface area contributed by atoms with Gasteiger partial charge in [-0.25, -0.2) is 13.1 Å². The largest absolute Gasteiger partial charge is 0.480 e. The topological polar surface area (TPSA) is 153 Å². The smallest absolute Gasteiger partial charge is 0.322 e. The number of sulfonamides is 1. The van der Waals surface area contributed by atoms with Gasteiger partial charge in [-0.2, -0.15) is 0 Å². The van der Waals surface area contributed by atoms with E-state index in [4.69, 9.17) is 10.8 Å². The average molecular weight is 296 g/mol. The van der Waals surface area contributed by atoms with E-state index in [0.717, 1.165) is 0 Å². The first kappa shape index (κ1) is 17.3. The van der Waals surface area contributed by atoms with E-state index in [0.29, 0.717) is 0 Å². The first-order chi connectivity index (χ1) is 8.68. The molecule has 4 N–H and O–H groups in total. The summed E-state index contributed by atoms with van der Waals surface area (Å²) in [6, 6.07) is -1.65. The van der Waals surface area contributed by atoms with Gasteiger partial charge in [-0.05, 0) is 6.92 Å². The molecular formula is C9H16N2O7S. The van der Waals surface area contributed by atoms with Crippen LogP contribution < -0.4 is 10.5 Å². The lowest BCUT2D eigenvalue weighted by atomic mass is 10.2. The third-order valence-corrected chi connectivity index (χ3v) is 3.29. The Labute approximate surface area is 110 Å². The summed E-state index contributed by atoms with van der Waals surface area (Å²) in [5, 5.41) is 8.72. The number of hydrogen-bond donors (Lipinski definition) is 3. The fourth-order valence-electron chi connectivity index (χ4n) is 1.11. The fourth-order valence-corrected chi connectivity index (χ4v) is 2.28. The van der Waals surface area contributed by atoms with Crippen molar-refractivity contribution < 1.29 is 32.6 Å². The first-order valence-corrected chi connectivity index (χ1v) is 7.00. The normalized spacial score (nSPS) is 12.7. The van der Waals surface area contributed by atoms with Crippen molar-refractivity contribution in [2.45, 2.75) is 25.8 Å². The number of hydrogen-bond acceptors (Lipinski definition) is 6. The molecule has 0 aliphatic carbocycles. The molecule has 0 saturated carbocycles. The number of nitrogens with two attached hydrogens (primary N) is 1. The molecule has 1 atom stereocenters. The summed E-state index contributed by atoms with van der Waals surface area (Å²) < 4.78 is 29.3. The molecule has 0 aliphatic rings. The quantitative estimate of drug-likeness (QED) is 0.424. The van der Waals surface area contributed by atoms with E-state index >= 15 is 0 Å². The molecular weight excluding hydrogens is 280 g/mol. The van der Waals surface area contributed by atoms with Gasteiger partial charge in [-0.15, -0.1) is 0 Å². The number of rotatable bonds is 9. The minimum absolute atomic E-state index is 0.117. The number of carbonyl (C=O) groups is 3. The van der Waals surface area contributed by atoms with Gasteiger partial charge < -0.3 is 15.6 Å².